The van der Waals surface area contributed by atoms with E-state index in [-0.39, 0.29) is 33.7 Å². The maximum absolute atomic E-state index is 14.4. The van der Waals surface area contributed by atoms with Crippen LogP contribution >= 0.6 is 45.2 Å². The number of amides is 2. The lowest BCUT2D eigenvalue weighted by atomic mass is 10.0. The van der Waals surface area contributed by atoms with E-state index >= 15 is 0 Å². The van der Waals surface area contributed by atoms with E-state index in [9.17, 15) is 18.4 Å². The highest BCUT2D eigenvalue weighted by Gasteiger charge is 2.42. The van der Waals surface area contributed by atoms with E-state index in [1.807, 2.05) is 45.2 Å². The van der Waals surface area contributed by atoms with Gasteiger partial charge in [0.1, 0.15) is 11.6 Å². The van der Waals surface area contributed by atoms with Gasteiger partial charge in [-0.05, 0) is 69.4 Å². The summed E-state index contributed by atoms with van der Waals surface area (Å²) in [6.45, 7) is 0. The van der Waals surface area contributed by atoms with Crippen molar-refractivity contribution in [2.24, 2.45) is 0 Å². The zero-order valence-corrected chi connectivity index (χ0v) is 17.1. The molecule has 26 heavy (non-hydrogen) atoms. The predicted octanol–water partition coefficient (Wildman–Crippen LogP) is 3.56. The molecule has 0 bridgehead atoms. The Morgan fingerprint density at radius 2 is 1.08 bits per heavy atom. The zero-order chi connectivity index (χ0) is 18.6. The Bertz CT molecular complexity index is 951. The highest BCUT2D eigenvalue weighted by Crippen LogP contribution is 2.40. The summed E-state index contributed by atoms with van der Waals surface area (Å²) in [5.74, 6) is -2.24. The number of benzene rings is 2. The van der Waals surface area contributed by atoms with Gasteiger partial charge in [0.15, 0.2) is 0 Å². The lowest BCUT2D eigenvalue weighted by molar-refractivity contribution is -0.117. The Hall–Kier alpha value is -1.82. The van der Waals surface area contributed by atoms with Crippen molar-refractivity contribution >= 4 is 68.4 Å². The molecule has 2 heterocycles. The molecule has 0 spiro atoms. The minimum Gasteiger partial charge on any atom is -0.320 e. The first-order valence-electron chi connectivity index (χ1n) is 7.40. The second-order valence-electron chi connectivity index (χ2n) is 5.60. The highest BCUT2D eigenvalue weighted by molar-refractivity contribution is 14.1. The topological polar surface area (TPSA) is 58.2 Å². The van der Waals surface area contributed by atoms with Gasteiger partial charge < -0.3 is 10.6 Å². The number of halogens is 4. The summed E-state index contributed by atoms with van der Waals surface area (Å²) in [7, 11) is 0. The van der Waals surface area contributed by atoms with Crippen LogP contribution in [-0.4, -0.2) is 11.8 Å². The van der Waals surface area contributed by atoms with Crippen molar-refractivity contribution in [2.75, 3.05) is 0 Å². The maximum atomic E-state index is 14.4. The van der Waals surface area contributed by atoms with Crippen LogP contribution in [0.3, 0.4) is 0 Å². The van der Waals surface area contributed by atoms with Gasteiger partial charge in [0, 0.05) is 18.3 Å². The molecule has 0 unspecified atom stereocenters. The quantitative estimate of drug-likeness (QED) is 0.538. The smallest absolute Gasteiger partial charge is 0.258 e. The fourth-order valence-electron chi connectivity index (χ4n) is 3.03. The van der Waals surface area contributed by atoms with Crippen LogP contribution in [0.2, 0.25) is 0 Å². The molecule has 0 saturated carbocycles. The first kappa shape index (κ1) is 17.6. The number of fused-ring (bicyclic) bond motifs is 1. The van der Waals surface area contributed by atoms with Crippen molar-refractivity contribution in [3.8, 4) is 0 Å². The molecule has 2 aromatic rings. The molecule has 0 fully saturated rings. The first-order valence-corrected chi connectivity index (χ1v) is 9.56. The van der Waals surface area contributed by atoms with E-state index in [4.69, 9.17) is 0 Å². The average Bonchev–Trinajstić information content (AvgIpc) is 3.07. The number of carbonyl (C=O) groups is 2. The molecule has 2 N–H and O–H groups in total. The van der Waals surface area contributed by atoms with Crippen molar-refractivity contribution in [3.05, 3.63) is 77.4 Å². The lowest BCUT2D eigenvalue weighted by Crippen LogP contribution is -2.22. The van der Waals surface area contributed by atoms with E-state index in [0.29, 0.717) is 7.14 Å². The Kier molecular flexibility index (Phi) is 4.34. The highest BCUT2D eigenvalue weighted by atomic mass is 127. The monoisotopic (exact) mass is 576 g/mol. The summed E-state index contributed by atoms with van der Waals surface area (Å²) >= 11 is 3.87. The van der Waals surface area contributed by atoms with Crippen molar-refractivity contribution in [1.82, 2.24) is 10.6 Å². The second-order valence-corrected chi connectivity index (χ2v) is 7.93. The molecule has 0 atom stereocenters. The van der Waals surface area contributed by atoms with Crippen LogP contribution in [0.1, 0.15) is 11.1 Å². The standard InChI is InChI=1S/C18H8F2I2N2O2/c19-7-3-1-5-9(21)11(7)15-13-14(18(26)23-15)16(24-17(13)25)12-8(20)4-2-6-10(12)22/h1-6H,(H,23,26)(H,24,25). The number of rotatable bonds is 2. The number of nitrogens with one attached hydrogen (secondary N) is 2. The third-order valence-corrected chi connectivity index (χ3v) is 5.90. The molecular weight excluding hydrogens is 568 g/mol. The van der Waals surface area contributed by atoms with Crippen molar-refractivity contribution in [2.45, 2.75) is 0 Å². The maximum Gasteiger partial charge on any atom is 0.258 e. The predicted molar refractivity (Wildman–Crippen MR) is 108 cm³/mol. The van der Waals surface area contributed by atoms with E-state index in [0.717, 1.165) is 0 Å². The van der Waals surface area contributed by atoms with Gasteiger partial charge in [-0.1, -0.05) is 12.1 Å². The van der Waals surface area contributed by atoms with Crippen LogP contribution in [0.15, 0.2) is 47.5 Å². The molecule has 2 aliphatic rings. The van der Waals surface area contributed by atoms with Gasteiger partial charge in [-0.3, -0.25) is 9.59 Å². The Morgan fingerprint density at radius 3 is 1.42 bits per heavy atom. The summed E-state index contributed by atoms with van der Waals surface area (Å²) in [5.41, 5.74) is 0.564. The van der Waals surface area contributed by atoms with Crippen LogP contribution in [-0.2, 0) is 9.59 Å². The Labute approximate surface area is 174 Å². The Balaban J connectivity index is 2.01. The molecule has 4 rings (SSSR count). The molecule has 0 saturated heterocycles. The molecule has 2 amide bonds. The molecule has 0 aliphatic carbocycles. The van der Waals surface area contributed by atoms with Crippen molar-refractivity contribution in [1.29, 1.82) is 0 Å². The fraction of sp³-hybridized carbons (Fsp3) is 0. The minimum absolute atomic E-state index is 0.0343. The van der Waals surface area contributed by atoms with Gasteiger partial charge in [0.25, 0.3) is 11.8 Å². The van der Waals surface area contributed by atoms with E-state index in [1.165, 1.54) is 12.1 Å². The summed E-state index contributed by atoms with van der Waals surface area (Å²) < 4.78 is 29.8. The minimum atomic E-state index is -0.568. The van der Waals surface area contributed by atoms with Gasteiger partial charge in [-0.2, -0.15) is 0 Å². The molecule has 2 aromatic carbocycles. The Morgan fingerprint density at radius 1 is 0.692 bits per heavy atom. The SMILES string of the molecule is O=C1NC(c2c(F)cccc2I)=C2C(=O)NC(c3c(F)cccc3I)=C12. The molecule has 2 aliphatic heterocycles. The number of carbonyl (C=O) groups excluding carboxylic acids is 2. The van der Waals surface area contributed by atoms with E-state index in [2.05, 4.69) is 10.6 Å². The third kappa shape index (κ3) is 2.57. The van der Waals surface area contributed by atoms with E-state index < -0.39 is 23.4 Å². The molecule has 4 nitrogen and oxygen atoms in total. The fourth-order valence-corrected chi connectivity index (χ4v) is 4.50. The molecule has 130 valence electrons. The summed E-state index contributed by atoms with van der Waals surface area (Å²) in [4.78, 5) is 25.1. The largest absolute Gasteiger partial charge is 0.320 e. The third-order valence-electron chi connectivity index (χ3n) is 4.11. The van der Waals surface area contributed by atoms with E-state index in [1.54, 1.807) is 24.3 Å². The normalized spacial score (nSPS) is 16.2. The van der Waals surface area contributed by atoms with Crippen LogP contribution in [0.4, 0.5) is 8.78 Å². The van der Waals surface area contributed by atoms with Crippen molar-refractivity contribution < 1.29 is 18.4 Å². The molecule has 8 heteroatoms. The van der Waals surface area contributed by atoms with Gasteiger partial charge in [-0.25, -0.2) is 8.78 Å². The molecular formula is C18H8F2I2N2O2. The second kappa shape index (κ2) is 6.41. The van der Waals surface area contributed by atoms with Crippen LogP contribution < -0.4 is 10.6 Å². The van der Waals surface area contributed by atoms with Crippen LogP contribution in [0.5, 0.6) is 0 Å². The zero-order valence-electron chi connectivity index (χ0n) is 12.8. The lowest BCUT2D eigenvalue weighted by Gasteiger charge is -2.10. The van der Waals surface area contributed by atoms with Gasteiger partial charge in [0.05, 0.1) is 22.5 Å². The van der Waals surface area contributed by atoms with Gasteiger partial charge in [-0.15, -0.1) is 0 Å². The average molecular weight is 576 g/mol. The first-order chi connectivity index (χ1) is 12.4. The number of hydrogen-bond acceptors (Lipinski definition) is 2. The van der Waals surface area contributed by atoms with Gasteiger partial charge >= 0.3 is 0 Å². The summed E-state index contributed by atoms with van der Waals surface area (Å²) in [6, 6.07) is 8.95. The summed E-state index contributed by atoms with van der Waals surface area (Å²) in [5, 5.41) is 5.15. The number of hydrogen-bond donors (Lipinski definition) is 2. The molecule has 0 radical (unpaired) electrons. The van der Waals surface area contributed by atoms with Crippen LogP contribution in [0.25, 0.3) is 11.4 Å². The molecule has 0 aromatic heterocycles. The van der Waals surface area contributed by atoms with Crippen LogP contribution in [0, 0.1) is 18.8 Å². The van der Waals surface area contributed by atoms with Gasteiger partial charge in [0.2, 0.25) is 0 Å². The summed E-state index contributed by atoms with van der Waals surface area (Å²) in [6.07, 6.45) is 0. The van der Waals surface area contributed by atoms with Crippen molar-refractivity contribution in [3.63, 3.8) is 0 Å².